The van der Waals surface area contributed by atoms with Crippen molar-refractivity contribution in [1.82, 2.24) is 10.2 Å². The number of para-hydroxylation sites is 1. The maximum Gasteiger partial charge on any atom is 0.231 e. The highest BCUT2D eigenvalue weighted by atomic mass is 32.1. The molecular weight excluding hydrogens is 324 g/mol. The molecule has 0 unspecified atom stereocenters. The summed E-state index contributed by atoms with van der Waals surface area (Å²) < 4.78 is 0. The summed E-state index contributed by atoms with van der Waals surface area (Å²) in [5.74, 6) is -0.553. The summed E-state index contributed by atoms with van der Waals surface area (Å²) in [7, 11) is 0. The van der Waals surface area contributed by atoms with Crippen LogP contribution >= 0.6 is 11.3 Å². The fourth-order valence-electron chi connectivity index (χ4n) is 2.81. The van der Waals surface area contributed by atoms with Crippen molar-refractivity contribution in [3.05, 3.63) is 34.8 Å². The van der Waals surface area contributed by atoms with Crippen LogP contribution in [-0.2, 0) is 16.0 Å². The second kappa shape index (κ2) is 7.09. The molecule has 0 bridgehead atoms. The summed E-state index contributed by atoms with van der Waals surface area (Å²) in [5.41, 5.74) is 1.90. The number of amides is 2. The van der Waals surface area contributed by atoms with Crippen LogP contribution < -0.4 is 10.2 Å². The first kappa shape index (κ1) is 16.6. The van der Waals surface area contributed by atoms with E-state index in [1.54, 1.807) is 4.90 Å². The number of aryl methyl sites for hydroxylation is 2. The van der Waals surface area contributed by atoms with Gasteiger partial charge in [0.15, 0.2) is 0 Å². The number of carbonyl (C=O) groups is 2. The molecule has 1 atom stereocenters. The van der Waals surface area contributed by atoms with Crippen LogP contribution in [0, 0.1) is 12.8 Å². The van der Waals surface area contributed by atoms with Gasteiger partial charge in [0.1, 0.15) is 5.01 Å². The quantitative estimate of drug-likeness (QED) is 0.905. The van der Waals surface area contributed by atoms with E-state index in [1.807, 2.05) is 31.2 Å². The van der Waals surface area contributed by atoms with Gasteiger partial charge in [-0.05, 0) is 25.0 Å². The van der Waals surface area contributed by atoms with Gasteiger partial charge in [-0.15, -0.1) is 10.2 Å². The van der Waals surface area contributed by atoms with Gasteiger partial charge in [-0.2, -0.15) is 0 Å². The molecule has 0 radical (unpaired) electrons. The van der Waals surface area contributed by atoms with Crippen LogP contribution in [0.2, 0.25) is 0 Å². The van der Waals surface area contributed by atoms with E-state index in [0.717, 1.165) is 29.1 Å². The Labute approximate surface area is 144 Å². The van der Waals surface area contributed by atoms with E-state index in [1.165, 1.54) is 11.3 Å². The number of aromatic nitrogens is 2. The number of hydrogen-bond donors (Lipinski definition) is 1. The van der Waals surface area contributed by atoms with Crippen LogP contribution in [0.25, 0.3) is 0 Å². The minimum absolute atomic E-state index is 0.0200. The molecule has 0 saturated carbocycles. The van der Waals surface area contributed by atoms with E-state index >= 15 is 0 Å². The molecule has 0 aliphatic carbocycles. The summed E-state index contributed by atoms with van der Waals surface area (Å²) in [4.78, 5) is 26.4. The maximum absolute atomic E-state index is 12.4. The normalized spacial score (nSPS) is 17.3. The van der Waals surface area contributed by atoms with Crippen molar-refractivity contribution in [1.29, 1.82) is 0 Å². The van der Waals surface area contributed by atoms with Gasteiger partial charge in [0, 0.05) is 25.1 Å². The Kier molecular flexibility index (Phi) is 4.89. The third-order valence-corrected chi connectivity index (χ3v) is 4.96. The SMILES string of the molecule is CCCc1nnc(NC(=O)[C@@H]2CC(=O)N(c3ccccc3C)C2)s1. The Morgan fingerprint density at radius 1 is 1.38 bits per heavy atom. The first-order chi connectivity index (χ1) is 11.6. The minimum Gasteiger partial charge on any atom is -0.311 e. The fraction of sp³-hybridized carbons (Fsp3) is 0.412. The van der Waals surface area contributed by atoms with Gasteiger partial charge in [0.25, 0.3) is 0 Å². The number of nitrogens with zero attached hydrogens (tertiary/aromatic N) is 3. The lowest BCUT2D eigenvalue weighted by Gasteiger charge is -2.18. The topological polar surface area (TPSA) is 75.2 Å². The molecule has 1 aromatic heterocycles. The Morgan fingerprint density at radius 2 is 2.17 bits per heavy atom. The largest absolute Gasteiger partial charge is 0.311 e. The third-order valence-electron chi connectivity index (χ3n) is 4.06. The highest BCUT2D eigenvalue weighted by Gasteiger charge is 2.35. The van der Waals surface area contributed by atoms with Crippen molar-refractivity contribution in [2.45, 2.75) is 33.1 Å². The molecule has 7 heteroatoms. The Bertz CT molecular complexity index is 759. The second-order valence-electron chi connectivity index (χ2n) is 5.93. The van der Waals surface area contributed by atoms with E-state index < -0.39 is 0 Å². The zero-order valence-electron chi connectivity index (χ0n) is 13.8. The first-order valence-electron chi connectivity index (χ1n) is 8.07. The van der Waals surface area contributed by atoms with Crippen molar-refractivity contribution in [3.63, 3.8) is 0 Å². The van der Waals surface area contributed by atoms with Crippen molar-refractivity contribution in [2.24, 2.45) is 5.92 Å². The molecular formula is C17H20N4O2S. The number of rotatable bonds is 5. The van der Waals surface area contributed by atoms with Crippen molar-refractivity contribution >= 4 is 34.0 Å². The van der Waals surface area contributed by atoms with Gasteiger partial charge < -0.3 is 10.2 Å². The fourth-order valence-corrected chi connectivity index (χ4v) is 3.65. The molecule has 1 aliphatic rings. The zero-order valence-corrected chi connectivity index (χ0v) is 14.6. The predicted molar refractivity (Wildman–Crippen MR) is 94.2 cm³/mol. The highest BCUT2D eigenvalue weighted by Crippen LogP contribution is 2.28. The summed E-state index contributed by atoms with van der Waals surface area (Å²) >= 11 is 1.39. The predicted octanol–water partition coefficient (Wildman–Crippen LogP) is 2.79. The van der Waals surface area contributed by atoms with Crippen LogP contribution in [0.3, 0.4) is 0 Å². The third kappa shape index (κ3) is 3.46. The number of carbonyl (C=O) groups excluding carboxylic acids is 2. The molecule has 1 aliphatic heterocycles. The molecule has 2 heterocycles. The molecule has 2 amide bonds. The molecule has 1 N–H and O–H groups in total. The molecule has 126 valence electrons. The number of anilines is 2. The molecule has 2 aromatic rings. The van der Waals surface area contributed by atoms with Crippen LogP contribution in [0.5, 0.6) is 0 Å². The Hall–Kier alpha value is -2.28. The lowest BCUT2D eigenvalue weighted by atomic mass is 10.1. The van der Waals surface area contributed by atoms with Crippen LogP contribution in [0.15, 0.2) is 24.3 Å². The van der Waals surface area contributed by atoms with Crippen molar-refractivity contribution in [3.8, 4) is 0 Å². The van der Waals surface area contributed by atoms with E-state index in [0.29, 0.717) is 11.7 Å². The second-order valence-corrected chi connectivity index (χ2v) is 6.99. The summed E-state index contributed by atoms with van der Waals surface area (Å²) in [5, 5.41) is 12.3. The lowest BCUT2D eigenvalue weighted by molar-refractivity contribution is -0.122. The Morgan fingerprint density at radius 3 is 2.92 bits per heavy atom. The van der Waals surface area contributed by atoms with Crippen LogP contribution in [0.1, 0.15) is 30.3 Å². The van der Waals surface area contributed by atoms with Gasteiger partial charge in [0.2, 0.25) is 16.9 Å². The van der Waals surface area contributed by atoms with E-state index in [9.17, 15) is 9.59 Å². The Balaban J connectivity index is 1.66. The minimum atomic E-state index is -0.365. The number of benzene rings is 1. The summed E-state index contributed by atoms with van der Waals surface area (Å²) in [6.45, 7) is 4.44. The molecule has 6 nitrogen and oxygen atoms in total. The van der Waals surface area contributed by atoms with Gasteiger partial charge in [-0.25, -0.2) is 0 Å². The number of nitrogens with one attached hydrogen (secondary N) is 1. The summed E-state index contributed by atoms with van der Waals surface area (Å²) in [6.07, 6.45) is 2.07. The molecule has 1 aromatic carbocycles. The summed E-state index contributed by atoms with van der Waals surface area (Å²) in [6, 6.07) is 7.72. The molecule has 1 fully saturated rings. The van der Waals surface area contributed by atoms with E-state index in [4.69, 9.17) is 0 Å². The average Bonchev–Trinajstić information content (AvgIpc) is 3.15. The monoisotopic (exact) mass is 344 g/mol. The van der Waals surface area contributed by atoms with Gasteiger partial charge in [-0.3, -0.25) is 9.59 Å². The molecule has 24 heavy (non-hydrogen) atoms. The van der Waals surface area contributed by atoms with Crippen LogP contribution in [0.4, 0.5) is 10.8 Å². The smallest absolute Gasteiger partial charge is 0.231 e. The number of hydrogen-bond acceptors (Lipinski definition) is 5. The van der Waals surface area contributed by atoms with Gasteiger partial charge in [-0.1, -0.05) is 36.5 Å². The molecule has 0 spiro atoms. The molecule has 1 saturated heterocycles. The zero-order chi connectivity index (χ0) is 17.1. The average molecular weight is 344 g/mol. The highest BCUT2D eigenvalue weighted by molar-refractivity contribution is 7.15. The molecule has 3 rings (SSSR count). The first-order valence-corrected chi connectivity index (χ1v) is 8.89. The maximum atomic E-state index is 12.4. The van der Waals surface area contributed by atoms with Crippen molar-refractivity contribution < 1.29 is 9.59 Å². The van der Waals surface area contributed by atoms with Crippen LogP contribution in [-0.4, -0.2) is 28.6 Å². The van der Waals surface area contributed by atoms with E-state index in [2.05, 4.69) is 22.4 Å². The van der Waals surface area contributed by atoms with Crippen molar-refractivity contribution in [2.75, 3.05) is 16.8 Å². The van der Waals surface area contributed by atoms with E-state index in [-0.39, 0.29) is 24.2 Å². The van der Waals surface area contributed by atoms with Gasteiger partial charge >= 0.3 is 0 Å². The standard InChI is InChI=1S/C17H20N4O2S/c1-3-6-14-19-20-17(24-14)18-16(23)12-9-15(22)21(10-12)13-8-5-4-7-11(13)2/h4-5,7-8,12H,3,6,9-10H2,1-2H3,(H,18,20,23)/t12-/m1/s1. The van der Waals surface area contributed by atoms with Gasteiger partial charge in [0.05, 0.1) is 5.92 Å². The lowest BCUT2D eigenvalue weighted by Crippen LogP contribution is -2.28.